The number of halogens is 1. The number of aromatic nitrogens is 2. The molecule has 12 heteroatoms. The number of carbonyl (C=O) groups is 2. The van der Waals surface area contributed by atoms with E-state index in [1.54, 1.807) is 17.0 Å². The summed E-state index contributed by atoms with van der Waals surface area (Å²) in [7, 11) is 1.53. The van der Waals surface area contributed by atoms with E-state index < -0.39 is 11.9 Å². The molecule has 1 N–H and O–H groups in total. The van der Waals surface area contributed by atoms with E-state index in [0.717, 1.165) is 4.90 Å². The quantitative estimate of drug-likeness (QED) is 0.540. The van der Waals surface area contributed by atoms with Crippen LogP contribution < -0.4 is 19.9 Å². The molecule has 0 radical (unpaired) electrons. The maximum absolute atomic E-state index is 14.9. The Morgan fingerprint density at radius 1 is 1.19 bits per heavy atom. The Labute approximate surface area is 216 Å². The lowest BCUT2D eigenvalue weighted by molar-refractivity contribution is -0.113. The molecule has 6 rings (SSSR count). The second-order valence-electron chi connectivity index (χ2n) is 9.10. The van der Waals surface area contributed by atoms with E-state index in [9.17, 15) is 14.0 Å². The molecule has 3 aromatic rings. The zero-order valence-electron chi connectivity index (χ0n) is 20.1. The number of rotatable bonds is 5. The lowest BCUT2D eigenvalue weighted by atomic mass is 10.2. The number of carbonyl (C=O) groups excluding carboxylic acids is 2. The first-order valence-electron chi connectivity index (χ1n) is 12.0. The maximum atomic E-state index is 14.9. The highest BCUT2D eigenvalue weighted by atomic mass is 32.2. The molecule has 5 heterocycles. The van der Waals surface area contributed by atoms with Crippen LogP contribution in [0.3, 0.4) is 0 Å². The Hall–Kier alpha value is -3.64. The van der Waals surface area contributed by atoms with Gasteiger partial charge in [0.05, 0.1) is 36.8 Å². The summed E-state index contributed by atoms with van der Waals surface area (Å²) in [5.41, 5.74) is 2.93. The van der Waals surface area contributed by atoms with Gasteiger partial charge in [-0.3, -0.25) is 19.6 Å². The number of pyridine rings is 2. The molecular formula is C25H25FN6O4S. The fourth-order valence-corrected chi connectivity index (χ4v) is 5.72. The number of nitrogens with zero attached hydrogens (tertiary/aromatic N) is 5. The Bertz CT molecular complexity index is 1380. The van der Waals surface area contributed by atoms with Gasteiger partial charge in [0, 0.05) is 49.4 Å². The van der Waals surface area contributed by atoms with Gasteiger partial charge in [-0.25, -0.2) is 14.2 Å². The Balaban J connectivity index is 1.10. The van der Waals surface area contributed by atoms with Crippen LogP contribution in [0, 0.1) is 5.82 Å². The molecule has 3 aliphatic rings. The highest BCUT2D eigenvalue weighted by Gasteiger charge is 2.35. The molecule has 3 aliphatic heterocycles. The van der Waals surface area contributed by atoms with Crippen molar-refractivity contribution in [3.05, 3.63) is 42.3 Å². The average molecular weight is 525 g/mol. The largest absolute Gasteiger partial charge is 0.481 e. The summed E-state index contributed by atoms with van der Waals surface area (Å²) in [5.74, 6) is 0.335. The lowest BCUT2D eigenvalue weighted by Gasteiger charge is -2.37. The van der Waals surface area contributed by atoms with Crippen LogP contribution in [0.15, 0.2) is 41.4 Å². The number of cyclic esters (lactones) is 1. The van der Waals surface area contributed by atoms with Gasteiger partial charge in [-0.05, 0) is 24.3 Å². The number of piperazine rings is 1. The highest BCUT2D eigenvalue weighted by molar-refractivity contribution is 8.00. The number of amides is 2. The van der Waals surface area contributed by atoms with E-state index in [4.69, 9.17) is 9.47 Å². The lowest BCUT2D eigenvalue weighted by Crippen LogP contribution is -2.49. The molecule has 1 atom stereocenters. The topological polar surface area (TPSA) is 100 Å². The molecule has 0 saturated carbocycles. The minimum Gasteiger partial charge on any atom is -0.481 e. The first-order valence-corrected chi connectivity index (χ1v) is 13.0. The molecule has 2 amide bonds. The standard InChI is InChI=1S/C25H25FN6O4S/c1-35-22-5-3-18-23(29-22)24(17(26)11-27-18)31-8-6-30(7-9-31)12-16-13-32(25(34)36-16)15-2-4-20-19(10-15)28-21(33)14-37-20/h2-5,10-11,16H,6-9,12-14H2,1H3,(H,28,33)/t16-/m1/s1. The van der Waals surface area contributed by atoms with Crippen LogP contribution in [-0.2, 0) is 9.53 Å². The van der Waals surface area contributed by atoms with Crippen LogP contribution in [-0.4, -0.2) is 85.1 Å². The molecule has 2 saturated heterocycles. The zero-order chi connectivity index (χ0) is 25.5. The van der Waals surface area contributed by atoms with E-state index in [1.165, 1.54) is 25.1 Å². The third-order valence-corrected chi connectivity index (χ3v) is 7.83. The molecule has 37 heavy (non-hydrogen) atoms. The molecule has 0 unspecified atom stereocenters. The van der Waals surface area contributed by atoms with Crippen molar-refractivity contribution in [2.75, 3.05) is 67.2 Å². The summed E-state index contributed by atoms with van der Waals surface area (Å²) >= 11 is 1.48. The number of hydrogen-bond donors (Lipinski definition) is 1. The molecule has 0 bridgehead atoms. The van der Waals surface area contributed by atoms with Crippen molar-refractivity contribution in [1.29, 1.82) is 0 Å². The second-order valence-corrected chi connectivity index (χ2v) is 10.1. The summed E-state index contributed by atoms with van der Waals surface area (Å²) < 4.78 is 25.7. The van der Waals surface area contributed by atoms with E-state index in [1.807, 2.05) is 23.1 Å². The summed E-state index contributed by atoms with van der Waals surface area (Å²) in [4.78, 5) is 39.8. The molecular weight excluding hydrogens is 499 g/mol. The molecule has 1 aromatic carbocycles. The first-order chi connectivity index (χ1) is 18.0. The smallest absolute Gasteiger partial charge is 0.414 e. The van der Waals surface area contributed by atoms with Crippen LogP contribution in [0.5, 0.6) is 5.88 Å². The van der Waals surface area contributed by atoms with Gasteiger partial charge >= 0.3 is 6.09 Å². The summed E-state index contributed by atoms with van der Waals surface area (Å²) in [5, 5.41) is 2.86. The van der Waals surface area contributed by atoms with E-state index in [-0.39, 0.29) is 12.0 Å². The van der Waals surface area contributed by atoms with E-state index in [0.29, 0.717) is 79.0 Å². The predicted molar refractivity (Wildman–Crippen MR) is 138 cm³/mol. The molecule has 192 valence electrons. The summed E-state index contributed by atoms with van der Waals surface area (Å²) in [6, 6.07) is 9.10. The summed E-state index contributed by atoms with van der Waals surface area (Å²) in [6.45, 7) is 3.57. The Kier molecular flexibility index (Phi) is 6.21. The van der Waals surface area contributed by atoms with Crippen molar-refractivity contribution in [1.82, 2.24) is 14.9 Å². The third kappa shape index (κ3) is 4.62. The second kappa shape index (κ2) is 9.67. The molecule has 10 nitrogen and oxygen atoms in total. The van der Waals surface area contributed by atoms with Crippen molar-refractivity contribution in [2.45, 2.75) is 11.0 Å². The normalized spacial score (nSPS) is 20.1. The number of benzene rings is 1. The van der Waals surface area contributed by atoms with Crippen molar-refractivity contribution in [3.63, 3.8) is 0 Å². The summed E-state index contributed by atoms with van der Waals surface area (Å²) in [6.07, 6.45) is 0.544. The van der Waals surface area contributed by atoms with Crippen LogP contribution in [0.2, 0.25) is 0 Å². The molecule has 2 aromatic heterocycles. The fourth-order valence-electron chi connectivity index (χ4n) is 4.94. The number of ether oxygens (including phenoxy) is 2. The van der Waals surface area contributed by atoms with Crippen molar-refractivity contribution in [3.8, 4) is 5.88 Å². The van der Waals surface area contributed by atoms with Crippen LogP contribution in [0.4, 0.5) is 26.2 Å². The van der Waals surface area contributed by atoms with Gasteiger partial charge in [0.25, 0.3) is 0 Å². The fraction of sp³-hybridized carbons (Fsp3) is 0.360. The molecule has 0 spiro atoms. The Morgan fingerprint density at radius 3 is 2.84 bits per heavy atom. The Morgan fingerprint density at radius 2 is 2.03 bits per heavy atom. The van der Waals surface area contributed by atoms with Gasteiger partial charge < -0.3 is 19.7 Å². The predicted octanol–water partition coefficient (Wildman–Crippen LogP) is 2.97. The van der Waals surface area contributed by atoms with Crippen LogP contribution >= 0.6 is 11.8 Å². The number of anilines is 3. The molecule has 2 fully saturated rings. The number of fused-ring (bicyclic) bond motifs is 2. The van der Waals surface area contributed by atoms with Crippen molar-refractivity contribution < 1.29 is 23.5 Å². The van der Waals surface area contributed by atoms with Crippen LogP contribution in [0.25, 0.3) is 11.0 Å². The monoisotopic (exact) mass is 524 g/mol. The molecule has 0 aliphatic carbocycles. The SMILES string of the molecule is COc1ccc2ncc(F)c(N3CCN(C[C@@H]4CN(c5ccc6c(c5)NC(=O)CS6)C(=O)O4)CC3)c2n1. The first kappa shape index (κ1) is 23.7. The minimum absolute atomic E-state index is 0.0507. The average Bonchev–Trinajstić information content (AvgIpc) is 3.28. The van der Waals surface area contributed by atoms with Gasteiger partial charge in [-0.15, -0.1) is 11.8 Å². The van der Waals surface area contributed by atoms with Gasteiger partial charge in [0.2, 0.25) is 11.8 Å². The maximum Gasteiger partial charge on any atom is 0.414 e. The van der Waals surface area contributed by atoms with E-state index in [2.05, 4.69) is 20.2 Å². The van der Waals surface area contributed by atoms with E-state index >= 15 is 0 Å². The van der Waals surface area contributed by atoms with Gasteiger partial charge in [0.1, 0.15) is 17.3 Å². The highest BCUT2D eigenvalue weighted by Crippen LogP contribution is 2.36. The van der Waals surface area contributed by atoms with Gasteiger partial charge in [-0.1, -0.05) is 0 Å². The van der Waals surface area contributed by atoms with Crippen molar-refractivity contribution >= 4 is 51.9 Å². The van der Waals surface area contributed by atoms with Gasteiger partial charge in [0.15, 0.2) is 5.82 Å². The third-order valence-electron chi connectivity index (χ3n) is 6.76. The van der Waals surface area contributed by atoms with Gasteiger partial charge in [-0.2, -0.15) is 0 Å². The number of hydrogen-bond acceptors (Lipinski definition) is 9. The number of thioether (sulfide) groups is 1. The number of methoxy groups -OCH3 is 1. The van der Waals surface area contributed by atoms with Crippen molar-refractivity contribution in [2.24, 2.45) is 0 Å². The zero-order valence-corrected chi connectivity index (χ0v) is 21.0. The van der Waals surface area contributed by atoms with Crippen LogP contribution in [0.1, 0.15) is 0 Å². The number of nitrogens with one attached hydrogen (secondary N) is 1. The minimum atomic E-state index is -0.415.